The molecule has 0 aliphatic carbocycles. The summed E-state index contributed by atoms with van der Waals surface area (Å²) in [5.41, 5.74) is 14.0. The van der Waals surface area contributed by atoms with Gasteiger partial charge in [-0.3, -0.25) is 14.4 Å². The number of nitrogens with two attached hydrogens (primary N) is 2. The van der Waals surface area contributed by atoms with Crippen molar-refractivity contribution in [2.75, 3.05) is 78.0 Å². The van der Waals surface area contributed by atoms with Crippen LogP contribution in [-0.2, 0) is 22.4 Å². The first-order valence-corrected chi connectivity index (χ1v) is 19.2. The number of nitrogen functional groups attached to an aromatic ring is 2. The van der Waals surface area contributed by atoms with Gasteiger partial charge in [0, 0.05) is 40.0 Å². The summed E-state index contributed by atoms with van der Waals surface area (Å²) in [7, 11) is 3.31. The van der Waals surface area contributed by atoms with E-state index in [1.54, 1.807) is 14.1 Å². The second kappa shape index (κ2) is 21.5. The molecule has 3 amide bonds. The van der Waals surface area contributed by atoms with Crippen molar-refractivity contribution < 1.29 is 28.3 Å². The van der Waals surface area contributed by atoms with Gasteiger partial charge in [0.25, 0.3) is 17.7 Å². The Morgan fingerprint density at radius 3 is 1.82 bits per heavy atom. The Hall–Kier alpha value is -5.64. The molecule has 1 fully saturated rings. The molecule has 1 atom stereocenters. The van der Waals surface area contributed by atoms with Crippen molar-refractivity contribution in [2.24, 2.45) is 0 Å². The van der Waals surface area contributed by atoms with Crippen LogP contribution in [0.15, 0.2) is 48.5 Å². The number of nitrogens with one attached hydrogen (secondary N) is 1. The molecule has 0 radical (unpaired) electrons. The number of carbonyl (C=O) groups excluding carboxylic acids is 3. The lowest BCUT2D eigenvalue weighted by Gasteiger charge is -2.45. The minimum atomic E-state index is -0.433. The Balaban J connectivity index is 1.36. The first kappa shape index (κ1) is 43.1. The number of ether oxygens (including phenoxy) is 2. The summed E-state index contributed by atoms with van der Waals surface area (Å²) in [6.07, 6.45) is 5.84. The lowest BCUT2D eigenvalue weighted by atomic mass is 9.99. The molecule has 5 N–H and O–H groups in total. The number of aryl methyl sites for hydroxylation is 2. The Labute approximate surface area is 333 Å². The van der Waals surface area contributed by atoms with Crippen LogP contribution in [0.2, 0.25) is 5.15 Å². The van der Waals surface area contributed by atoms with Crippen molar-refractivity contribution in [3.8, 4) is 23.6 Å². The number of carbonyl (C=O) groups is 3. The highest BCUT2D eigenvalue weighted by atomic mass is 35.5. The molecule has 1 saturated heterocycles. The largest absolute Gasteiger partial charge is 0.484 e. The fourth-order valence-electron chi connectivity index (χ4n) is 6.76. The summed E-state index contributed by atoms with van der Waals surface area (Å²) in [6, 6.07) is 19.5. The fraction of sp³-hybridized carbons (Fsp3) is 0.475. The highest BCUT2D eigenvalue weighted by Gasteiger charge is 2.35. The molecule has 2 heterocycles. The predicted octanol–water partition coefficient (Wildman–Crippen LogP) is 3.77. The van der Waals surface area contributed by atoms with Gasteiger partial charge in [-0.25, -0.2) is 9.97 Å². The number of hydrogen-bond donors (Lipinski definition) is 3. The van der Waals surface area contributed by atoms with Crippen LogP contribution in [0.5, 0.6) is 11.5 Å². The summed E-state index contributed by atoms with van der Waals surface area (Å²) >= 11 is 6.06. The number of rotatable bonds is 20. The molecule has 1 aliphatic heterocycles. The summed E-state index contributed by atoms with van der Waals surface area (Å²) in [5, 5.41) is 20.6. The maximum Gasteiger partial charge on any atom is 0.274 e. The van der Waals surface area contributed by atoms with Crippen LogP contribution in [0.3, 0.4) is 0 Å². The number of aromatic nitrogens is 2. The van der Waals surface area contributed by atoms with E-state index in [-0.39, 0.29) is 66.4 Å². The van der Waals surface area contributed by atoms with E-state index in [4.69, 9.17) is 43.1 Å². The second-order valence-electron chi connectivity index (χ2n) is 14.2. The van der Waals surface area contributed by atoms with Crippen molar-refractivity contribution in [3.05, 3.63) is 70.5 Å². The van der Waals surface area contributed by atoms with Gasteiger partial charge in [0.2, 0.25) is 0 Å². The second-order valence-corrected chi connectivity index (χ2v) is 14.5. The van der Waals surface area contributed by atoms with Gasteiger partial charge in [-0.05, 0) is 61.1 Å². The third kappa shape index (κ3) is 13.3. The lowest BCUT2D eigenvalue weighted by molar-refractivity contribution is -0.933. The normalized spacial score (nSPS) is 14.5. The third-order valence-corrected chi connectivity index (χ3v) is 10.3. The SMILES string of the molecule is CN(CCC#N)C(=O)COc1ccc(CCC[N+]2(CCCc3ccc(OCC(=O)N(C)CCC#N)cc3)CCC[C@H](NC(=O)c3nc(Cl)c(N)nc3N)C2)cc1. The van der Waals surface area contributed by atoms with E-state index in [2.05, 4.69) is 15.3 Å². The Morgan fingerprint density at radius 1 is 0.839 bits per heavy atom. The van der Waals surface area contributed by atoms with Crippen LogP contribution < -0.4 is 26.3 Å². The summed E-state index contributed by atoms with van der Waals surface area (Å²) < 4.78 is 12.2. The number of amides is 3. The number of halogens is 1. The Morgan fingerprint density at radius 2 is 1.34 bits per heavy atom. The first-order chi connectivity index (χ1) is 26.9. The number of likely N-dealkylation sites (tertiary alicyclic amines) is 1. The Bertz CT molecular complexity index is 1770. The van der Waals surface area contributed by atoms with Gasteiger partial charge in [0.05, 0.1) is 57.2 Å². The summed E-state index contributed by atoms with van der Waals surface area (Å²) in [6.45, 7) is 4.09. The highest BCUT2D eigenvalue weighted by Crippen LogP contribution is 2.25. The van der Waals surface area contributed by atoms with Crippen molar-refractivity contribution in [1.82, 2.24) is 25.1 Å². The van der Waals surface area contributed by atoms with Crippen molar-refractivity contribution in [1.29, 1.82) is 10.5 Å². The predicted molar refractivity (Wildman–Crippen MR) is 212 cm³/mol. The maximum absolute atomic E-state index is 13.3. The average molecular weight is 788 g/mol. The highest BCUT2D eigenvalue weighted by molar-refractivity contribution is 6.31. The van der Waals surface area contributed by atoms with E-state index >= 15 is 0 Å². The zero-order chi connectivity index (χ0) is 40.5. The maximum atomic E-state index is 13.3. The minimum Gasteiger partial charge on any atom is -0.484 e. The monoisotopic (exact) mass is 787 g/mol. The molecule has 3 aromatic rings. The molecule has 15 nitrogen and oxygen atoms in total. The van der Waals surface area contributed by atoms with Gasteiger partial charge in [-0.15, -0.1) is 0 Å². The standard InChI is InChI=1S/C40H51ClN10O5/c1-49(21-6-19-42)34(52)27-55-32-15-11-29(12-16-32)8-3-23-51(25-5-10-31(26-51)46-40(54)36-38(44)48-39(45)37(41)47-36)24-4-9-30-13-17-33(18-14-30)56-28-35(53)50(2)22-7-20-43/h11-18,31H,3-10,21-28H2,1-2H3,(H4-,44,45,46,48,54)/p+1/t31-/m0/s1. The molecule has 4 rings (SSSR count). The lowest BCUT2D eigenvalue weighted by Crippen LogP contribution is -2.60. The Kier molecular flexibility index (Phi) is 16.5. The first-order valence-electron chi connectivity index (χ1n) is 18.8. The number of benzene rings is 2. The van der Waals surface area contributed by atoms with Crippen LogP contribution in [-0.4, -0.2) is 115 Å². The number of nitriles is 2. The topological polar surface area (TPSA) is 214 Å². The average Bonchev–Trinajstić information content (AvgIpc) is 3.19. The molecule has 0 spiro atoms. The van der Waals surface area contributed by atoms with Crippen LogP contribution in [0, 0.1) is 22.7 Å². The smallest absolute Gasteiger partial charge is 0.274 e. The molecule has 298 valence electrons. The molecule has 16 heteroatoms. The van der Waals surface area contributed by atoms with Gasteiger partial charge in [0.1, 0.15) is 11.5 Å². The van der Waals surface area contributed by atoms with Gasteiger partial charge >= 0.3 is 0 Å². The fourth-order valence-corrected chi connectivity index (χ4v) is 6.89. The molecule has 0 saturated carbocycles. The quantitative estimate of drug-likeness (QED) is 0.140. The third-order valence-electron chi connectivity index (χ3n) is 9.98. The molecular formula is C40H52ClN10O5+. The van der Waals surface area contributed by atoms with Crippen molar-refractivity contribution >= 4 is 41.0 Å². The molecule has 1 aliphatic rings. The molecule has 0 bridgehead atoms. The number of nitrogens with zero attached hydrogens (tertiary/aromatic N) is 7. The number of quaternary nitrogens is 1. The van der Waals surface area contributed by atoms with Crippen LogP contribution in [0.25, 0.3) is 0 Å². The van der Waals surface area contributed by atoms with Crippen LogP contribution in [0.1, 0.15) is 60.1 Å². The van der Waals surface area contributed by atoms with E-state index in [0.717, 1.165) is 80.3 Å². The molecule has 2 aromatic carbocycles. The van der Waals surface area contributed by atoms with Gasteiger partial charge in [-0.2, -0.15) is 10.5 Å². The summed E-state index contributed by atoms with van der Waals surface area (Å²) in [4.78, 5) is 48.9. The minimum absolute atomic E-state index is 0.0317. The van der Waals surface area contributed by atoms with E-state index in [0.29, 0.717) is 24.6 Å². The number of likely N-dealkylation sites (N-methyl/N-ethyl adjacent to an activating group) is 2. The molecule has 56 heavy (non-hydrogen) atoms. The molecule has 0 unspecified atom stereocenters. The van der Waals surface area contributed by atoms with Crippen molar-refractivity contribution in [3.63, 3.8) is 0 Å². The van der Waals surface area contributed by atoms with Crippen LogP contribution >= 0.6 is 11.6 Å². The zero-order valence-corrected chi connectivity index (χ0v) is 33.0. The summed E-state index contributed by atoms with van der Waals surface area (Å²) in [5.74, 6) is 0.306. The van der Waals surface area contributed by atoms with E-state index in [1.165, 1.54) is 9.80 Å². The van der Waals surface area contributed by atoms with Crippen LogP contribution in [0.4, 0.5) is 11.6 Å². The van der Waals surface area contributed by atoms with E-state index in [1.807, 2.05) is 60.7 Å². The number of hydrogen-bond acceptors (Lipinski definition) is 11. The molecule has 1 aromatic heterocycles. The number of piperidine rings is 1. The molecular weight excluding hydrogens is 736 g/mol. The van der Waals surface area contributed by atoms with E-state index in [9.17, 15) is 14.4 Å². The zero-order valence-electron chi connectivity index (χ0n) is 32.2. The van der Waals surface area contributed by atoms with Gasteiger partial charge in [-0.1, -0.05) is 35.9 Å². The van der Waals surface area contributed by atoms with Crippen molar-refractivity contribution in [2.45, 2.75) is 57.4 Å². The van der Waals surface area contributed by atoms with Gasteiger partial charge < -0.3 is 40.5 Å². The van der Waals surface area contributed by atoms with E-state index < -0.39 is 5.91 Å². The van der Waals surface area contributed by atoms with Gasteiger partial charge in [0.15, 0.2) is 35.7 Å². The number of anilines is 2.